The van der Waals surface area contributed by atoms with E-state index in [1.54, 1.807) is 0 Å². The van der Waals surface area contributed by atoms with E-state index < -0.39 is 25.9 Å². The lowest BCUT2D eigenvalue weighted by atomic mass is 10.8. The van der Waals surface area contributed by atoms with Crippen molar-refractivity contribution in [2.45, 2.75) is 0 Å². The number of rotatable bonds is 0. The third kappa shape index (κ3) is 5.17. The Balaban J connectivity index is 0. The molecular weight excluding hydrogens is 154 g/mol. The number of hydrogen-bond acceptors (Lipinski definition) is 1. The van der Waals surface area contributed by atoms with Crippen LogP contribution in [0.2, 0.25) is 0 Å². The normalized spacial score (nSPS) is 21.4. The van der Waals surface area contributed by atoms with Crippen molar-refractivity contribution in [3.63, 3.8) is 0 Å². The fourth-order valence-corrected chi connectivity index (χ4v) is 0.173. The third-order valence-electron chi connectivity index (χ3n) is 0.464. The monoisotopic (exact) mass is 171 g/mol. The van der Waals surface area contributed by atoms with Crippen LogP contribution in [0.25, 0.3) is 0 Å². The summed E-state index contributed by atoms with van der Waals surface area (Å²) in [5, 5.41) is 6.74. The highest BCUT2D eigenvalue weighted by molar-refractivity contribution is 5.91. The predicted molar refractivity (Wildman–Crippen MR) is 44.5 cm³/mol. The summed E-state index contributed by atoms with van der Waals surface area (Å²) in [5.74, 6) is -1.62. The van der Waals surface area contributed by atoms with E-state index >= 15 is 0 Å². The highest BCUT2D eigenvalue weighted by Crippen LogP contribution is 1.73. The molecule has 0 unspecified atom stereocenters. The number of nitrogens with one attached hydrogen (secondary N) is 1. The van der Waals surface area contributed by atoms with E-state index in [0.717, 1.165) is 0 Å². The van der Waals surface area contributed by atoms with Gasteiger partial charge in [-0.1, -0.05) is 0 Å². The van der Waals surface area contributed by atoms with Gasteiger partial charge in [-0.15, -0.1) is 12.4 Å². The molecule has 0 saturated heterocycles. The molecule has 0 aliphatic heterocycles. The molecule has 0 saturated carbocycles. The van der Waals surface area contributed by atoms with Gasteiger partial charge in [0.15, 0.2) is 5.96 Å². The van der Waals surface area contributed by atoms with Crippen LogP contribution in [0.4, 0.5) is 0 Å². The molecule has 0 amide bonds. The maximum absolute atomic E-state index is 6.95. The van der Waals surface area contributed by atoms with Crippen LogP contribution in [0.1, 0.15) is 8.22 Å². The van der Waals surface area contributed by atoms with E-state index in [1.807, 2.05) is 0 Å². The van der Waals surface area contributed by atoms with Crippen molar-refractivity contribution in [3.8, 4) is 0 Å². The molecule has 0 spiro atoms. The average Bonchev–Trinajstić information content (AvgIpc) is 1.74. The number of halogens is 1. The Kier molecular flexibility index (Phi) is 1.67. The second-order valence-corrected chi connectivity index (χ2v) is 1.19. The summed E-state index contributed by atoms with van der Waals surface area (Å²) in [5.41, 5.74) is 9.97. The van der Waals surface area contributed by atoms with Crippen molar-refractivity contribution in [1.29, 1.82) is 5.41 Å². The Hall–Kier alpha value is -0.970. The Morgan fingerprint density at radius 2 is 2.10 bits per heavy atom. The quantitative estimate of drug-likeness (QED) is 0.329. The van der Waals surface area contributed by atoms with Crippen LogP contribution < -0.4 is 11.5 Å². The Morgan fingerprint density at radius 3 is 2.40 bits per heavy atom. The number of hydrogen-bond donors (Lipinski definition) is 3. The fraction of sp³-hybridized carbons (Fsp3) is 0.500. The minimum Gasteiger partial charge on any atom is -0.369 e. The van der Waals surface area contributed by atoms with Crippen molar-refractivity contribution in [2.75, 3.05) is 14.0 Å². The lowest BCUT2D eigenvalue weighted by Gasteiger charge is -2.08. The lowest BCUT2D eigenvalue weighted by molar-refractivity contribution is 0.615. The molecule has 5 N–H and O–H groups in total. The second-order valence-electron chi connectivity index (χ2n) is 1.19. The van der Waals surface area contributed by atoms with Crippen LogP contribution in [0, 0.1) is 5.41 Å². The van der Waals surface area contributed by atoms with E-state index in [2.05, 4.69) is 4.99 Å². The molecule has 60 valence electrons. The van der Waals surface area contributed by atoms with Crippen LogP contribution in [0.5, 0.6) is 0 Å². The van der Waals surface area contributed by atoms with Gasteiger partial charge in [-0.2, -0.15) is 4.99 Å². The number of guanidine groups is 2. The van der Waals surface area contributed by atoms with Gasteiger partial charge in [0.05, 0.1) is 0 Å². The lowest BCUT2D eigenvalue weighted by Crippen LogP contribution is -2.32. The van der Waals surface area contributed by atoms with Crippen molar-refractivity contribution < 1.29 is 8.22 Å². The summed E-state index contributed by atoms with van der Waals surface area (Å²) >= 11 is 0. The minimum atomic E-state index is -2.98. The first-order valence-corrected chi connectivity index (χ1v) is 1.95. The van der Waals surface area contributed by atoms with Gasteiger partial charge < -0.3 is 16.4 Å². The maximum Gasteiger partial charge on any atom is 0.215 e. The van der Waals surface area contributed by atoms with Gasteiger partial charge in [0.2, 0.25) is 5.96 Å². The number of nitrogens with zero attached hydrogens (tertiary/aromatic N) is 2. The zero-order chi connectivity index (χ0) is 12.4. The molecule has 0 heterocycles. The van der Waals surface area contributed by atoms with Gasteiger partial charge in [-0.3, -0.25) is 5.41 Å². The van der Waals surface area contributed by atoms with Crippen LogP contribution in [0.15, 0.2) is 4.99 Å². The van der Waals surface area contributed by atoms with E-state index in [-0.39, 0.29) is 17.3 Å². The molecule has 5 nitrogen and oxygen atoms in total. The van der Waals surface area contributed by atoms with Crippen LogP contribution in [-0.2, 0) is 0 Å². The number of nitrogens with two attached hydrogens (primary N) is 2. The van der Waals surface area contributed by atoms with Crippen molar-refractivity contribution >= 4 is 24.3 Å². The molecule has 0 radical (unpaired) electrons. The van der Waals surface area contributed by atoms with Crippen LogP contribution in [0.3, 0.4) is 0 Å². The number of aliphatic imine (C=N–C) groups is 1. The van der Waals surface area contributed by atoms with Crippen molar-refractivity contribution in [3.05, 3.63) is 0 Å². The summed E-state index contributed by atoms with van der Waals surface area (Å²) in [6.07, 6.45) is 0. The SMILES string of the molecule is Cl.[2H]C([2H])([2H])N(C(N)=NC(=N)N)C([2H])([2H])[2H]. The molecular formula is C4H12ClN5. The van der Waals surface area contributed by atoms with Crippen molar-refractivity contribution in [2.24, 2.45) is 16.5 Å². The molecule has 0 aliphatic rings. The van der Waals surface area contributed by atoms with E-state index in [1.165, 1.54) is 0 Å². The highest BCUT2D eigenvalue weighted by atomic mass is 35.5. The van der Waals surface area contributed by atoms with E-state index in [0.29, 0.717) is 0 Å². The largest absolute Gasteiger partial charge is 0.369 e. The Labute approximate surface area is 74.4 Å². The molecule has 0 aromatic heterocycles. The molecule has 0 rings (SSSR count). The zero-order valence-corrected chi connectivity index (χ0v) is 5.77. The van der Waals surface area contributed by atoms with E-state index in [4.69, 9.17) is 25.1 Å². The minimum absolute atomic E-state index is 0. The summed E-state index contributed by atoms with van der Waals surface area (Å²) in [6.45, 7) is -5.96. The van der Waals surface area contributed by atoms with Gasteiger partial charge in [0, 0.05) is 22.2 Å². The van der Waals surface area contributed by atoms with Gasteiger partial charge in [-0.05, 0) is 0 Å². The van der Waals surface area contributed by atoms with E-state index in [9.17, 15) is 0 Å². The van der Waals surface area contributed by atoms with Crippen LogP contribution in [-0.4, -0.2) is 30.8 Å². The van der Waals surface area contributed by atoms with Gasteiger partial charge in [0.1, 0.15) is 0 Å². The molecule has 0 bridgehead atoms. The first-order chi connectivity index (χ1) is 6.46. The molecule has 10 heavy (non-hydrogen) atoms. The standard InChI is InChI=1S/C4H11N5.ClH/c1-9(2)4(7)8-3(5)6;/h1-2H3,(H5,5,6,7,8);1H/i1D3,2D3;. The predicted octanol–water partition coefficient (Wildman–Crippen LogP) is -0.822. The molecule has 0 aromatic carbocycles. The smallest absolute Gasteiger partial charge is 0.215 e. The topological polar surface area (TPSA) is 91.5 Å². The summed E-state index contributed by atoms with van der Waals surface area (Å²) in [4.78, 5) is 3.02. The fourth-order valence-electron chi connectivity index (χ4n) is 0.173. The maximum atomic E-state index is 6.95. The molecule has 0 atom stereocenters. The van der Waals surface area contributed by atoms with Crippen molar-refractivity contribution in [1.82, 2.24) is 4.90 Å². The first kappa shape index (κ1) is 3.43. The average molecular weight is 172 g/mol. The Morgan fingerprint density at radius 1 is 1.60 bits per heavy atom. The Bertz CT molecular complexity index is 268. The molecule has 0 fully saturated rings. The zero-order valence-electron chi connectivity index (χ0n) is 11.0. The van der Waals surface area contributed by atoms with Gasteiger partial charge in [0.25, 0.3) is 0 Å². The summed E-state index contributed by atoms with van der Waals surface area (Å²) in [6, 6.07) is 0. The van der Waals surface area contributed by atoms with Gasteiger partial charge in [-0.25, -0.2) is 0 Å². The summed E-state index contributed by atoms with van der Waals surface area (Å²) < 4.78 is 41.7. The molecule has 0 aromatic rings. The first-order valence-electron chi connectivity index (χ1n) is 4.95. The third-order valence-corrected chi connectivity index (χ3v) is 0.464. The molecule has 6 heteroatoms. The van der Waals surface area contributed by atoms with Crippen LogP contribution >= 0.6 is 12.4 Å². The van der Waals surface area contributed by atoms with Gasteiger partial charge >= 0.3 is 0 Å². The second kappa shape index (κ2) is 4.87. The molecule has 0 aliphatic carbocycles. The highest BCUT2D eigenvalue weighted by Gasteiger charge is 1.92. The summed E-state index contributed by atoms with van der Waals surface area (Å²) in [7, 11) is 0.